The summed E-state index contributed by atoms with van der Waals surface area (Å²) in [5.74, 6) is 1.26. The van der Waals surface area contributed by atoms with Crippen LogP contribution in [0.15, 0.2) is 27.8 Å². The Balaban J connectivity index is 2.11. The number of halogens is 2. The average Bonchev–Trinajstić information content (AvgIpc) is 2.71. The monoisotopic (exact) mass is 347 g/mol. The third kappa shape index (κ3) is 3.06. The molecule has 1 aromatic carbocycles. The van der Waals surface area contributed by atoms with Crippen LogP contribution in [0, 0.1) is 0 Å². The SMILES string of the molecule is Cn1c(CO)nnc1SCc1cc(Br)ccc1Cl. The zero-order valence-corrected chi connectivity index (χ0v) is 12.8. The van der Waals surface area contributed by atoms with E-state index in [4.69, 9.17) is 16.7 Å². The standard InChI is InChI=1S/C11H11BrClN3OS/c1-16-10(5-17)14-15-11(16)18-6-7-4-8(12)2-3-9(7)13/h2-4,17H,5-6H2,1H3. The van der Waals surface area contributed by atoms with Crippen molar-refractivity contribution in [3.63, 3.8) is 0 Å². The lowest BCUT2D eigenvalue weighted by atomic mass is 10.2. The normalized spacial score (nSPS) is 10.9. The van der Waals surface area contributed by atoms with Crippen LogP contribution in [0.2, 0.25) is 5.02 Å². The molecule has 0 saturated heterocycles. The van der Waals surface area contributed by atoms with Gasteiger partial charge in [-0.05, 0) is 23.8 Å². The van der Waals surface area contributed by atoms with Gasteiger partial charge in [0.05, 0.1) is 0 Å². The maximum Gasteiger partial charge on any atom is 0.191 e. The molecule has 1 N–H and O–H groups in total. The molecule has 1 heterocycles. The first kappa shape index (κ1) is 13.9. The number of thioether (sulfide) groups is 1. The molecule has 0 spiro atoms. The smallest absolute Gasteiger partial charge is 0.191 e. The predicted octanol–water partition coefficient (Wildman–Crippen LogP) is 3.02. The number of nitrogens with zero attached hydrogens (tertiary/aromatic N) is 3. The molecule has 0 amide bonds. The first-order valence-electron chi connectivity index (χ1n) is 5.17. The minimum Gasteiger partial charge on any atom is -0.388 e. The van der Waals surface area contributed by atoms with E-state index < -0.39 is 0 Å². The summed E-state index contributed by atoms with van der Waals surface area (Å²) < 4.78 is 2.77. The number of hydrogen-bond acceptors (Lipinski definition) is 4. The molecule has 0 radical (unpaired) electrons. The molecule has 0 bridgehead atoms. The highest BCUT2D eigenvalue weighted by atomic mass is 79.9. The Labute approximate surface area is 122 Å². The molecule has 0 aliphatic carbocycles. The fourth-order valence-electron chi connectivity index (χ4n) is 1.40. The van der Waals surface area contributed by atoms with Crippen LogP contribution in [-0.4, -0.2) is 19.9 Å². The lowest BCUT2D eigenvalue weighted by molar-refractivity contribution is 0.266. The van der Waals surface area contributed by atoms with Crippen molar-refractivity contribution in [1.29, 1.82) is 0 Å². The highest BCUT2D eigenvalue weighted by Crippen LogP contribution is 2.27. The molecule has 0 atom stereocenters. The summed E-state index contributed by atoms with van der Waals surface area (Å²) in [5.41, 5.74) is 1.03. The van der Waals surface area contributed by atoms with Gasteiger partial charge < -0.3 is 9.67 Å². The van der Waals surface area contributed by atoms with Crippen molar-refractivity contribution in [2.45, 2.75) is 17.5 Å². The van der Waals surface area contributed by atoms with Gasteiger partial charge in [0.25, 0.3) is 0 Å². The number of hydrogen-bond donors (Lipinski definition) is 1. The van der Waals surface area contributed by atoms with Crippen molar-refractivity contribution in [2.24, 2.45) is 7.05 Å². The summed E-state index contributed by atoms with van der Waals surface area (Å²) >= 11 is 11.1. The number of aliphatic hydroxyl groups excluding tert-OH is 1. The Bertz CT molecular complexity index is 561. The Morgan fingerprint density at radius 1 is 1.44 bits per heavy atom. The molecule has 18 heavy (non-hydrogen) atoms. The zero-order chi connectivity index (χ0) is 13.1. The van der Waals surface area contributed by atoms with E-state index in [2.05, 4.69) is 26.1 Å². The Kier molecular flexibility index (Phi) is 4.66. The van der Waals surface area contributed by atoms with E-state index in [9.17, 15) is 0 Å². The summed E-state index contributed by atoms with van der Waals surface area (Å²) in [7, 11) is 1.83. The van der Waals surface area contributed by atoms with Crippen LogP contribution >= 0.6 is 39.3 Å². The van der Waals surface area contributed by atoms with Crippen LogP contribution in [0.3, 0.4) is 0 Å². The van der Waals surface area contributed by atoms with Crippen molar-refractivity contribution >= 4 is 39.3 Å². The van der Waals surface area contributed by atoms with Crippen LogP contribution in [-0.2, 0) is 19.4 Å². The quantitative estimate of drug-likeness (QED) is 0.863. The minimum absolute atomic E-state index is 0.109. The van der Waals surface area contributed by atoms with E-state index in [1.165, 1.54) is 11.8 Å². The third-order valence-corrected chi connectivity index (χ3v) is 4.36. The Hall–Kier alpha value is -0.560. The summed E-state index contributed by atoms with van der Waals surface area (Å²) in [4.78, 5) is 0. The van der Waals surface area contributed by atoms with Gasteiger partial charge in [0, 0.05) is 22.3 Å². The first-order valence-corrected chi connectivity index (χ1v) is 7.33. The molecule has 0 fully saturated rings. The summed E-state index contributed by atoms with van der Waals surface area (Å²) in [6.45, 7) is -0.109. The number of aliphatic hydroxyl groups is 1. The van der Waals surface area contributed by atoms with Crippen LogP contribution in [0.25, 0.3) is 0 Å². The van der Waals surface area contributed by atoms with Crippen molar-refractivity contribution in [1.82, 2.24) is 14.8 Å². The molecule has 2 rings (SSSR count). The average molecular weight is 349 g/mol. The number of benzene rings is 1. The molecular formula is C11H11BrClN3OS. The fourth-order valence-corrected chi connectivity index (χ4v) is 3.00. The largest absolute Gasteiger partial charge is 0.388 e. The molecule has 96 valence electrons. The van der Waals surface area contributed by atoms with Crippen LogP contribution in [0.4, 0.5) is 0 Å². The lowest BCUT2D eigenvalue weighted by Crippen LogP contribution is -1.98. The Morgan fingerprint density at radius 2 is 2.22 bits per heavy atom. The van der Waals surface area contributed by atoms with E-state index in [-0.39, 0.29) is 6.61 Å². The van der Waals surface area contributed by atoms with Crippen LogP contribution in [0.1, 0.15) is 11.4 Å². The van der Waals surface area contributed by atoms with Gasteiger partial charge in [0.1, 0.15) is 6.61 Å². The van der Waals surface area contributed by atoms with Crippen molar-refractivity contribution in [3.8, 4) is 0 Å². The summed E-state index contributed by atoms with van der Waals surface area (Å²) in [5, 5.41) is 18.4. The summed E-state index contributed by atoms with van der Waals surface area (Å²) in [6, 6.07) is 5.75. The first-order chi connectivity index (χ1) is 8.61. The van der Waals surface area contributed by atoms with Gasteiger partial charge in [-0.2, -0.15) is 0 Å². The second-order valence-electron chi connectivity index (χ2n) is 3.64. The van der Waals surface area contributed by atoms with E-state index in [1.807, 2.05) is 25.2 Å². The summed E-state index contributed by atoms with van der Waals surface area (Å²) in [6.07, 6.45) is 0. The lowest BCUT2D eigenvalue weighted by Gasteiger charge is -2.05. The second-order valence-corrected chi connectivity index (χ2v) is 5.91. The molecular weight excluding hydrogens is 338 g/mol. The third-order valence-electron chi connectivity index (χ3n) is 2.43. The molecule has 2 aromatic rings. The highest BCUT2D eigenvalue weighted by Gasteiger charge is 2.09. The maximum absolute atomic E-state index is 9.04. The van der Waals surface area contributed by atoms with Gasteiger partial charge in [0.15, 0.2) is 11.0 Å². The van der Waals surface area contributed by atoms with Gasteiger partial charge in [0.2, 0.25) is 0 Å². The number of aromatic nitrogens is 3. The predicted molar refractivity (Wildman–Crippen MR) is 75.6 cm³/mol. The van der Waals surface area contributed by atoms with E-state index in [1.54, 1.807) is 4.57 Å². The van der Waals surface area contributed by atoms with Crippen molar-refractivity contribution in [3.05, 3.63) is 39.1 Å². The van der Waals surface area contributed by atoms with Gasteiger partial charge in [-0.3, -0.25) is 0 Å². The van der Waals surface area contributed by atoms with Crippen LogP contribution < -0.4 is 0 Å². The molecule has 4 nitrogen and oxygen atoms in total. The van der Waals surface area contributed by atoms with Crippen molar-refractivity contribution in [2.75, 3.05) is 0 Å². The molecule has 1 aromatic heterocycles. The van der Waals surface area contributed by atoms with Gasteiger partial charge >= 0.3 is 0 Å². The van der Waals surface area contributed by atoms with Gasteiger partial charge in [-0.15, -0.1) is 10.2 Å². The van der Waals surface area contributed by atoms with Gasteiger partial charge in [-0.25, -0.2) is 0 Å². The number of rotatable bonds is 4. The molecule has 0 saturated carbocycles. The molecule has 0 unspecified atom stereocenters. The maximum atomic E-state index is 9.04. The highest BCUT2D eigenvalue weighted by molar-refractivity contribution is 9.10. The molecule has 7 heteroatoms. The van der Waals surface area contributed by atoms with Gasteiger partial charge in [-0.1, -0.05) is 39.3 Å². The van der Waals surface area contributed by atoms with E-state index in [0.717, 1.165) is 20.2 Å². The molecule has 0 aliphatic rings. The van der Waals surface area contributed by atoms with E-state index in [0.29, 0.717) is 11.6 Å². The minimum atomic E-state index is -0.109. The Morgan fingerprint density at radius 3 is 2.89 bits per heavy atom. The molecule has 0 aliphatic heterocycles. The van der Waals surface area contributed by atoms with E-state index >= 15 is 0 Å². The van der Waals surface area contributed by atoms with Crippen LogP contribution in [0.5, 0.6) is 0 Å². The fraction of sp³-hybridized carbons (Fsp3) is 0.273. The topological polar surface area (TPSA) is 50.9 Å². The van der Waals surface area contributed by atoms with Crippen molar-refractivity contribution < 1.29 is 5.11 Å². The second kappa shape index (κ2) is 6.06. The zero-order valence-electron chi connectivity index (χ0n) is 9.60.